The van der Waals surface area contributed by atoms with Gasteiger partial charge in [-0.25, -0.2) is 10.0 Å². The summed E-state index contributed by atoms with van der Waals surface area (Å²) in [6.45, 7) is 1.94. The van der Waals surface area contributed by atoms with Crippen LogP contribution in [-0.2, 0) is 16.0 Å². The molecule has 3 aromatic rings. The van der Waals surface area contributed by atoms with Crippen LogP contribution in [0.25, 0.3) is 0 Å². The minimum Gasteiger partial charge on any atom is -0.326 e. The SMILES string of the molecule is Cc1cccc(NC(=O)CC(=O)N2NC(=Nc3cccc(CCC#N)c3Cl)CC2c2ccccc2)c1. The van der Waals surface area contributed by atoms with Gasteiger partial charge in [-0.15, -0.1) is 0 Å². The van der Waals surface area contributed by atoms with Gasteiger partial charge in [-0.05, 0) is 48.2 Å². The highest BCUT2D eigenvalue weighted by molar-refractivity contribution is 6.34. The van der Waals surface area contributed by atoms with Gasteiger partial charge in [0, 0.05) is 18.5 Å². The molecule has 0 aliphatic carbocycles. The molecule has 1 unspecified atom stereocenters. The topological polar surface area (TPSA) is 97.6 Å². The van der Waals surface area contributed by atoms with Crippen LogP contribution in [-0.4, -0.2) is 22.7 Å². The van der Waals surface area contributed by atoms with Crippen molar-refractivity contribution < 1.29 is 9.59 Å². The molecule has 1 aliphatic heterocycles. The summed E-state index contributed by atoms with van der Waals surface area (Å²) in [5, 5.41) is 13.6. The zero-order valence-electron chi connectivity index (χ0n) is 19.9. The van der Waals surface area contributed by atoms with Gasteiger partial charge in [0.2, 0.25) is 5.91 Å². The number of amides is 2. The Labute approximate surface area is 215 Å². The molecular weight excluding hydrogens is 474 g/mol. The van der Waals surface area contributed by atoms with Crippen LogP contribution < -0.4 is 10.7 Å². The van der Waals surface area contributed by atoms with E-state index in [1.807, 2.05) is 67.6 Å². The summed E-state index contributed by atoms with van der Waals surface area (Å²) >= 11 is 6.55. The molecule has 1 aliphatic rings. The summed E-state index contributed by atoms with van der Waals surface area (Å²) in [5.41, 5.74) is 7.10. The molecule has 7 nitrogen and oxygen atoms in total. The fourth-order valence-corrected chi connectivity index (χ4v) is 4.38. The lowest BCUT2D eigenvalue weighted by molar-refractivity contribution is -0.137. The molecule has 1 fully saturated rings. The number of aryl methyl sites for hydroxylation is 2. The Hall–Kier alpha value is -4.15. The van der Waals surface area contributed by atoms with E-state index in [4.69, 9.17) is 16.9 Å². The van der Waals surface area contributed by atoms with Gasteiger partial charge in [-0.3, -0.25) is 15.0 Å². The van der Waals surface area contributed by atoms with Crippen LogP contribution in [0.3, 0.4) is 0 Å². The summed E-state index contributed by atoms with van der Waals surface area (Å²) in [6, 6.07) is 24.4. The third-order valence-electron chi connectivity index (χ3n) is 5.83. The second-order valence-corrected chi connectivity index (χ2v) is 8.95. The number of amidine groups is 1. The van der Waals surface area contributed by atoms with E-state index in [9.17, 15) is 9.59 Å². The maximum absolute atomic E-state index is 13.2. The van der Waals surface area contributed by atoms with Crippen molar-refractivity contribution in [2.45, 2.75) is 38.6 Å². The van der Waals surface area contributed by atoms with Crippen molar-refractivity contribution in [1.29, 1.82) is 5.26 Å². The minimum absolute atomic E-state index is 0.318. The third kappa shape index (κ3) is 6.09. The van der Waals surface area contributed by atoms with Crippen LogP contribution in [0.5, 0.6) is 0 Å². The molecule has 0 spiro atoms. The fraction of sp³-hybridized carbons (Fsp3) is 0.214. The van der Waals surface area contributed by atoms with Crippen molar-refractivity contribution in [2.24, 2.45) is 4.99 Å². The van der Waals surface area contributed by atoms with E-state index in [1.165, 1.54) is 5.01 Å². The molecule has 0 saturated carbocycles. The van der Waals surface area contributed by atoms with Crippen LogP contribution in [0.15, 0.2) is 77.8 Å². The van der Waals surface area contributed by atoms with Crippen molar-refractivity contribution in [3.05, 3.63) is 94.5 Å². The number of hydrazine groups is 1. The average Bonchev–Trinajstić information content (AvgIpc) is 3.29. The molecule has 0 aromatic heterocycles. The summed E-state index contributed by atoms with van der Waals surface area (Å²) in [7, 11) is 0. The van der Waals surface area contributed by atoms with Crippen LogP contribution in [0.1, 0.15) is 42.0 Å². The zero-order chi connectivity index (χ0) is 25.5. The molecule has 8 heteroatoms. The number of nitrogens with one attached hydrogen (secondary N) is 2. The molecule has 1 atom stereocenters. The van der Waals surface area contributed by atoms with Crippen molar-refractivity contribution in [2.75, 3.05) is 5.32 Å². The van der Waals surface area contributed by atoms with Gasteiger partial charge in [-0.1, -0.05) is 66.2 Å². The zero-order valence-corrected chi connectivity index (χ0v) is 20.6. The van der Waals surface area contributed by atoms with E-state index in [-0.39, 0.29) is 18.4 Å². The number of hydrogen-bond donors (Lipinski definition) is 2. The number of hydrogen-bond acceptors (Lipinski definition) is 4. The van der Waals surface area contributed by atoms with Crippen molar-refractivity contribution in [1.82, 2.24) is 10.4 Å². The number of nitrogens with zero attached hydrogens (tertiary/aromatic N) is 3. The number of benzene rings is 3. The first-order chi connectivity index (χ1) is 17.4. The quantitative estimate of drug-likeness (QED) is 0.411. The number of rotatable bonds is 7. The van der Waals surface area contributed by atoms with E-state index in [2.05, 4.69) is 21.8 Å². The second kappa shape index (κ2) is 11.5. The Kier molecular flexibility index (Phi) is 7.99. The predicted molar refractivity (Wildman–Crippen MR) is 141 cm³/mol. The normalized spacial score (nSPS) is 15.9. The Morgan fingerprint density at radius 1 is 1.14 bits per heavy atom. The van der Waals surface area contributed by atoms with Gasteiger partial charge < -0.3 is 5.32 Å². The average molecular weight is 500 g/mol. The lowest BCUT2D eigenvalue weighted by Crippen LogP contribution is -2.41. The maximum Gasteiger partial charge on any atom is 0.250 e. The highest BCUT2D eigenvalue weighted by atomic mass is 35.5. The molecule has 0 radical (unpaired) electrons. The van der Waals surface area contributed by atoms with E-state index in [1.54, 1.807) is 12.1 Å². The molecule has 36 heavy (non-hydrogen) atoms. The van der Waals surface area contributed by atoms with Gasteiger partial charge in [0.1, 0.15) is 12.3 Å². The highest BCUT2D eigenvalue weighted by Gasteiger charge is 2.34. The van der Waals surface area contributed by atoms with E-state index in [0.717, 1.165) is 16.7 Å². The van der Waals surface area contributed by atoms with Crippen LogP contribution in [0, 0.1) is 18.3 Å². The van der Waals surface area contributed by atoms with Gasteiger partial charge in [0.15, 0.2) is 0 Å². The smallest absolute Gasteiger partial charge is 0.250 e. The molecule has 1 heterocycles. The Balaban J connectivity index is 1.55. The van der Waals surface area contributed by atoms with Crippen LogP contribution >= 0.6 is 11.6 Å². The standard InChI is InChI=1S/C28H26ClN5O2/c1-19-8-5-13-22(16-19)31-26(35)18-27(36)34-24(20-9-3-2-4-10-20)17-25(33-34)32-23-14-6-11-21(28(23)29)12-7-15-30/h2-6,8-11,13-14,16,24H,7,12,17-18H2,1H3,(H,31,35)(H,32,33). The van der Waals surface area contributed by atoms with Crippen molar-refractivity contribution in [3.8, 4) is 6.07 Å². The Morgan fingerprint density at radius 3 is 2.67 bits per heavy atom. The maximum atomic E-state index is 13.2. The molecule has 0 bridgehead atoms. The van der Waals surface area contributed by atoms with Crippen molar-refractivity contribution >= 4 is 40.6 Å². The first kappa shape index (κ1) is 25.0. The third-order valence-corrected chi connectivity index (χ3v) is 6.27. The van der Waals surface area contributed by atoms with Gasteiger partial charge in [0.25, 0.3) is 5.91 Å². The Morgan fingerprint density at radius 2 is 1.92 bits per heavy atom. The Bertz CT molecular complexity index is 1330. The van der Waals surface area contributed by atoms with E-state index in [0.29, 0.717) is 41.5 Å². The second-order valence-electron chi connectivity index (χ2n) is 8.57. The van der Waals surface area contributed by atoms with Crippen molar-refractivity contribution in [3.63, 3.8) is 0 Å². The molecule has 2 amide bonds. The number of nitriles is 1. The number of halogens is 1. The number of aliphatic imine (C=N–C) groups is 1. The first-order valence-electron chi connectivity index (χ1n) is 11.7. The van der Waals surface area contributed by atoms with Gasteiger partial charge >= 0.3 is 0 Å². The molecular formula is C28H26ClN5O2. The first-order valence-corrected chi connectivity index (χ1v) is 12.0. The fourth-order valence-electron chi connectivity index (χ4n) is 4.12. The summed E-state index contributed by atoms with van der Waals surface area (Å²) in [5.74, 6) is -0.193. The lowest BCUT2D eigenvalue weighted by atomic mass is 10.0. The summed E-state index contributed by atoms with van der Waals surface area (Å²) < 4.78 is 0. The lowest BCUT2D eigenvalue weighted by Gasteiger charge is -2.24. The monoisotopic (exact) mass is 499 g/mol. The van der Waals surface area contributed by atoms with Gasteiger partial charge in [0.05, 0.1) is 22.8 Å². The highest BCUT2D eigenvalue weighted by Crippen LogP contribution is 2.33. The molecule has 4 rings (SSSR count). The van der Waals surface area contributed by atoms with Crippen LogP contribution in [0.2, 0.25) is 5.02 Å². The molecule has 182 valence electrons. The largest absolute Gasteiger partial charge is 0.326 e. The van der Waals surface area contributed by atoms with E-state index >= 15 is 0 Å². The summed E-state index contributed by atoms with van der Waals surface area (Å²) in [4.78, 5) is 30.5. The molecule has 2 N–H and O–H groups in total. The number of anilines is 1. The van der Waals surface area contributed by atoms with E-state index < -0.39 is 5.91 Å². The predicted octanol–water partition coefficient (Wildman–Crippen LogP) is 5.64. The van der Waals surface area contributed by atoms with Crippen LogP contribution in [0.4, 0.5) is 11.4 Å². The number of carbonyl (C=O) groups excluding carboxylic acids is 2. The number of carbonyl (C=O) groups is 2. The summed E-state index contributed by atoms with van der Waals surface area (Å²) in [6.07, 6.45) is 1.02. The molecule has 3 aromatic carbocycles. The molecule has 1 saturated heterocycles. The minimum atomic E-state index is -0.391. The van der Waals surface area contributed by atoms with Gasteiger partial charge in [-0.2, -0.15) is 5.26 Å².